The van der Waals surface area contributed by atoms with Gasteiger partial charge in [0.1, 0.15) is 6.33 Å². The largest absolute Gasteiger partial charge is 0.324 e. The molecule has 2 rings (SSSR count). The van der Waals surface area contributed by atoms with Crippen LogP contribution in [-0.4, -0.2) is 14.8 Å². The van der Waals surface area contributed by atoms with E-state index in [2.05, 4.69) is 10.1 Å². The molecule has 1 heterocycles. The standard InChI is InChI=1S/C9H10N4.ClH/c10-6-9-11-7-13(12-9)8-4-2-1-3-5-8;/h1-5,7H,6,10H2;1H. The monoisotopic (exact) mass is 210 g/mol. The van der Waals surface area contributed by atoms with Gasteiger partial charge in [-0.2, -0.15) is 0 Å². The summed E-state index contributed by atoms with van der Waals surface area (Å²) in [7, 11) is 0. The molecule has 0 saturated heterocycles. The number of aromatic nitrogens is 3. The number of hydrogen-bond donors (Lipinski definition) is 1. The third-order valence-electron chi connectivity index (χ3n) is 1.74. The molecule has 1 aromatic heterocycles. The van der Waals surface area contributed by atoms with Gasteiger partial charge in [0.05, 0.1) is 12.2 Å². The molecule has 0 amide bonds. The van der Waals surface area contributed by atoms with Crippen molar-refractivity contribution in [3.63, 3.8) is 0 Å². The molecule has 0 atom stereocenters. The fourth-order valence-corrected chi connectivity index (χ4v) is 1.10. The quantitative estimate of drug-likeness (QED) is 0.809. The van der Waals surface area contributed by atoms with Gasteiger partial charge in [-0.25, -0.2) is 9.67 Å². The lowest BCUT2D eigenvalue weighted by Crippen LogP contribution is -2.00. The van der Waals surface area contributed by atoms with E-state index in [1.165, 1.54) is 0 Å². The Morgan fingerprint density at radius 2 is 1.93 bits per heavy atom. The first kappa shape index (κ1) is 10.7. The van der Waals surface area contributed by atoms with E-state index in [1.807, 2.05) is 30.3 Å². The molecule has 2 aromatic rings. The summed E-state index contributed by atoms with van der Waals surface area (Å²) in [5.41, 5.74) is 6.40. The van der Waals surface area contributed by atoms with Gasteiger partial charge in [-0.1, -0.05) is 18.2 Å². The second-order valence-electron chi connectivity index (χ2n) is 2.65. The van der Waals surface area contributed by atoms with Crippen LogP contribution in [0.2, 0.25) is 0 Å². The van der Waals surface area contributed by atoms with Crippen LogP contribution in [0.1, 0.15) is 5.82 Å². The molecule has 0 aliphatic heterocycles. The molecule has 2 N–H and O–H groups in total. The van der Waals surface area contributed by atoms with Gasteiger partial charge in [-0.3, -0.25) is 0 Å². The summed E-state index contributed by atoms with van der Waals surface area (Å²) >= 11 is 0. The second kappa shape index (κ2) is 4.74. The Labute approximate surface area is 88.2 Å². The maximum absolute atomic E-state index is 5.40. The molecule has 0 radical (unpaired) electrons. The normalized spacial score (nSPS) is 9.50. The summed E-state index contributed by atoms with van der Waals surface area (Å²) in [5.74, 6) is 0.656. The zero-order valence-corrected chi connectivity index (χ0v) is 8.31. The highest BCUT2D eigenvalue weighted by Gasteiger charge is 1.98. The molecule has 5 heteroatoms. The minimum atomic E-state index is 0. The van der Waals surface area contributed by atoms with Gasteiger partial charge in [-0.15, -0.1) is 17.5 Å². The van der Waals surface area contributed by atoms with Gasteiger partial charge in [-0.05, 0) is 12.1 Å². The fraction of sp³-hybridized carbons (Fsp3) is 0.111. The number of benzene rings is 1. The number of nitrogens with zero attached hydrogens (tertiary/aromatic N) is 3. The van der Waals surface area contributed by atoms with Crippen molar-refractivity contribution in [2.75, 3.05) is 0 Å². The molecule has 0 unspecified atom stereocenters. The number of nitrogens with two attached hydrogens (primary N) is 1. The molecule has 0 saturated carbocycles. The summed E-state index contributed by atoms with van der Waals surface area (Å²) in [4.78, 5) is 4.04. The van der Waals surface area contributed by atoms with E-state index < -0.39 is 0 Å². The number of hydrogen-bond acceptors (Lipinski definition) is 3. The third kappa shape index (κ3) is 2.10. The summed E-state index contributed by atoms with van der Waals surface area (Å²) in [6, 6.07) is 9.81. The van der Waals surface area contributed by atoms with Gasteiger partial charge < -0.3 is 5.73 Å². The van der Waals surface area contributed by atoms with Crippen LogP contribution in [0.5, 0.6) is 0 Å². The van der Waals surface area contributed by atoms with Gasteiger partial charge in [0.2, 0.25) is 0 Å². The SMILES string of the molecule is Cl.NCc1ncn(-c2ccccc2)n1. The zero-order valence-electron chi connectivity index (χ0n) is 7.50. The predicted octanol–water partition coefficient (Wildman–Crippen LogP) is 1.15. The van der Waals surface area contributed by atoms with Gasteiger partial charge in [0, 0.05) is 0 Å². The van der Waals surface area contributed by atoms with Crippen molar-refractivity contribution < 1.29 is 0 Å². The van der Waals surface area contributed by atoms with Crippen molar-refractivity contribution in [1.82, 2.24) is 14.8 Å². The van der Waals surface area contributed by atoms with E-state index in [-0.39, 0.29) is 12.4 Å². The van der Waals surface area contributed by atoms with Crippen LogP contribution in [-0.2, 0) is 6.54 Å². The lowest BCUT2D eigenvalue weighted by molar-refractivity contribution is 0.830. The number of halogens is 1. The van der Waals surface area contributed by atoms with Crippen molar-refractivity contribution in [2.24, 2.45) is 5.73 Å². The lowest BCUT2D eigenvalue weighted by Gasteiger charge is -1.97. The molecule has 1 aromatic carbocycles. The van der Waals surface area contributed by atoms with Crippen LogP contribution in [0.3, 0.4) is 0 Å². The Balaban J connectivity index is 0.000000980. The van der Waals surface area contributed by atoms with Crippen molar-refractivity contribution in [2.45, 2.75) is 6.54 Å². The highest BCUT2D eigenvalue weighted by atomic mass is 35.5. The first-order chi connectivity index (χ1) is 6.40. The minimum absolute atomic E-state index is 0. The Hall–Kier alpha value is -1.39. The first-order valence-corrected chi connectivity index (χ1v) is 4.06. The van der Waals surface area contributed by atoms with Crippen molar-refractivity contribution >= 4 is 12.4 Å². The van der Waals surface area contributed by atoms with Crippen LogP contribution >= 0.6 is 12.4 Å². The molecule has 0 fully saturated rings. The minimum Gasteiger partial charge on any atom is -0.324 e. The zero-order chi connectivity index (χ0) is 9.10. The highest BCUT2D eigenvalue weighted by molar-refractivity contribution is 5.85. The first-order valence-electron chi connectivity index (χ1n) is 4.06. The molecule has 0 aliphatic rings. The van der Waals surface area contributed by atoms with E-state index >= 15 is 0 Å². The van der Waals surface area contributed by atoms with Crippen LogP contribution in [0, 0.1) is 0 Å². The maximum atomic E-state index is 5.40. The van der Waals surface area contributed by atoms with E-state index in [9.17, 15) is 0 Å². The summed E-state index contributed by atoms with van der Waals surface area (Å²) in [6.45, 7) is 0.375. The number of para-hydroxylation sites is 1. The van der Waals surface area contributed by atoms with Gasteiger partial charge in [0.15, 0.2) is 5.82 Å². The van der Waals surface area contributed by atoms with Gasteiger partial charge >= 0.3 is 0 Å². The van der Waals surface area contributed by atoms with E-state index in [1.54, 1.807) is 11.0 Å². The molecule has 0 aliphatic carbocycles. The third-order valence-corrected chi connectivity index (χ3v) is 1.74. The molecular weight excluding hydrogens is 200 g/mol. The fourth-order valence-electron chi connectivity index (χ4n) is 1.10. The molecule has 0 bridgehead atoms. The van der Waals surface area contributed by atoms with Crippen LogP contribution < -0.4 is 5.73 Å². The Kier molecular flexibility index (Phi) is 3.62. The lowest BCUT2D eigenvalue weighted by atomic mass is 10.3. The predicted molar refractivity (Wildman–Crippen MR) is 56.5 cm³/mol. The molecule has 74 valence electrons. The van der Waals surface area contributed by atoms with E-state index in [0.717, 1.165) is 5.69 Å². The van der Waals surface area contributed by atoms with E-state index in [4.69, 9.17) is 5.73 Å². The molecule has 14 heavy (non-hydrogen) atoms. The summed E-state index contributed by atoms with van der Waals surface area (Å²) in [6.07, 6.45) is 1.66. The van der Waals surface area contributed by atoms with Crippen molar-refractivity contribution in [1.29, 1.82) is 0 Å². The smallest absolute Gasteiger partial charge is 0.164 e. The molecular formula is C9H11ClN4. The average Bonchev–Trinajstić information content (AvgIpc) is 2.67. The summed E-state index contributed by atoms with van der Waals surface area (Å²) < 4.78 is 1.71. The Morgan fingerprint density at radius 3 is 2.50 bits per heavy atom. The van der Waals surface area contributed by atoms with Crippen molar-refractivity contribution in [3.05, 3.63) is 42.5 Å². The molecule has 4 nitrogen and oxygen atoms in total. The summed E-state index contributed by atoms with van der Waals surface area (Å²) in [5, 5.41) is 4.18. The van der Waals surface area contributed by atoms with Crippen LogP contribution in [0.4, 0.5) is 0 Å². The topological polar surface area (TPSA) is 56.7 Å². The van der Waals surface area contributed by atoms with Crippen LogP contribution in [0.25, 0.3) is 5.69 Å². The maximum Gasteiger partial charge on any atom is 0.164 e. The highest BCUT2D eigenvalue weighted by Crippen LogP contribution is 2.03. The molecule has 0 spiro atoms. The average molecular weight is 211 g/mol. The Morgan fingerprint density at radius 1 is 1.21 bits per heavy atom. The van der Waals surface area contributed by atoms with Crippen LogP contribution in [0.15, 0.2) is 36.7 Å². The Bertz CT molecular complexity index is 385. The number of rotatable bonds is 2. The van der Waals surface area contributed by atoms with E-state index in [0.29, 0.717) is 12.4 Å². The second-order valence-corrected chi connectivity index (χ2v) is 2.65. The van der Waals surface area contributed by atoms with Gasteiger partial charge in [0.25, 0.3) is 0 Å². The van der Waals surface area contributed by atoms with Crippen molar-refractivity contribution in [3.8, 4) is 5.69 Å².